The summed E-state index contributed by atoms with van der Waals surface area (Å²) < 4.78 is 18.1. The van der Waals surface area contributed by atoms with Crippen molar-refractivity contribution in [2.75, 3.05) is 4.90 Å². The van der Waals surface area contributed by atoms with Crippen LogP contribution in [0.15, 0.2) is 203 Å². The van der Waals surface area contributed by atoms with Crippen molar-refractivity contribution in [3.8, 4) is 33.7 Å². The molecule has 0 aliphatic rings. The van der Waals surface area contributed by atoms with E-state index in [2.05, 4.69) is 187 Å². The summed E-state index contributed by atoms with van der Waals surface area (Å²) in [5, 5.41) is 7.00. The van der Waals surface area contributed by atoms with Gasteiger partial charge in [-0.1, -0.05) is 109 Å². The second-order valence-corrected chi connectivity index (χ2v) is 17.6. The maximum absolute atomic E-state index is 6.81. The highest BCUT2D eigenvalue weighted by Gasteiger charge is 2.20. The van der Waals surface area contributed by atoms with E-state index in [4.69, 9.17) is 13.8 Å². The lowest BCUT2D eigenvalue weighted by Gasteiger charge is -2.26. The topological polar surface area (TPSA) is 42.4 Å². The molecule has 61 heavy (non-hydrogen) atoms. The Hall–Kier alpha value is -7.51. The van der Waals surface area contributed by atoms with Gasteiger partial charge in [-0.3, -0.25) is 0 Å². The fourth-order valence-corrected chi connectivity index (χ4v) is 11.3. The highest BCUT2D eigenvalue weighted by molar-refractivity contribution is 7.26. The van der Waals surface area contributed by atoms with E-state index in [9.17, 15) is 0 Å². The molecule has 0 N–H and O–H groups in total. The largest absolute Gasteiger partial charge is 0.456 e. The first kappa shape index (κ1) is 34.4. The highest BCUT2D eigenvalue weighted by Crippen LogP contribution is 2.45. The first-order valence-corrected chi connectivity index (χ1v) is 22.0. The Balaban J connectivity index is 0.935. The molecule has 0 aliphatic heterocycles. The molecule has 0 fully saturated rings. The Labute approximate surface area is 357 Å². The Bertz CT molecular complexity index is 3840. The van der Waals surface area contributed by atoms with Crippen molar-refractivity contribution in [1.29, 1.82) is 0 Å². The number of anilines is 3. The maximum atomic E-state index is 6.81. The zero-order chi connectivity index (χ0) is 40.0. The SMILES string of the molecule is c1ccc(-c2ccc(N(c3cccc(-c4ccc5sc6ccc7nc(-c8cccc9c8sc8ccccc89)oc7c6c5c4)c3)c3ccc4c(c3)oc3ccccc34)cc2)cc1. The van der Waals surface area contributed by atoms with Gasteiger partial charge in [0.25, 0.3) is 0 Å². The molecule has 0 saturated heterocycles. The lowest BCUT2D eigenvalue weighted by Crippen LogP contribution is -2.10. The molecule has 4 nitrogen and oxygen atoms in total. The zero-order valence-electron chi connectivity index (χ0n) is 32.5. The summed E-state index contributed by atoms with van der Waals surface area (Å²) in [6.07, 6.45) is 0. The number of benzene rings is 9. The van der Waals surface area contributed by atoms with Crippen LogP contribution < -0.4 is 4.90 Å². The van der Waals surface area contributed by atoms with Crippen LogP contribution in [0.1, 0.15) is 0 Å². The summed E-state index contributed by atoms with van der Waals surface area (Å²) in [6.45, 7) is 0. The Morgan fingerprint density at radius 2 is 1.07 bits per heavy atom. The molecule has 0 bridgehead atoms. The van der Waals surface area contributed by atoms with Crippen molar-refractivity contribution >= 4 is 113 Å². The Morgan fingerprint density at radius 3 is 1.98 bits per heavy atom. The van der Waals surface area contributed by atoms with E-state index in [1.165, 1.54) is 46.1 Å². The smallest absolute Gasteiger partial charge is 0.228 e. The molecule has 13 aromatic rings. The lowest BCUT2D eigenvalue weighted by atomic mass is 10.0. The minimum Gasteiger partial charge on any atom is -0.456 e. The second-order valence-electron chi connectivity index (χ2n) is 15.5. The number of rotatable bonds is 6. The maximum Gasteiger partial charge on any atom is 0.228 e. The van der Waals surface area contributed by atoms with E-state index in [-0.39, 0.29) is 0 Å². The van der Waals surface area contributed by atoms with Gasteiger partial charge in [0.2, 0.25) is 5.89 Å². The molecule has 0 radical (unpaired) electrons. The third kappa shape index (κ3) is 5.53. The summed E-state index contributed by atoms with van der Waals surface area (Å²) in [4.78, 5) is 7.41. The van der Waals surface area contributed by atoms with Gasteiger partial charge in [0.15, 0.2) is 5.58 Å². The predicted octanol–water partition coefficient (Wildman–Crippen LogP) is 16.9. The van der Waals surface area contributed by atoms with Crippen molar-refractivity contribution in [3.63, 3.8) is 0 Å². The monoisotopic (exact) mass is 816 g/mol. The van der Waals surface area contributed by atoms with E-state index < -0.39 is 0 Å². The highest BCUT2D eigenvalue weighted by atomic mass is 32.1. The normalized spacial score (nSPS) is 11.9. The fourth-order valence-electron chi connectivity index (χ4n) is 9.02. The van der Waals surface area contributed by atoms with Crippen LogP contribution >= 0.6 is 22.7 Å². The molecule has 4 heterocycles. The van der Waals surface area contributed by atoms with Crippen LogP contribution in [0.5, 0.6) is 0 Å². The van der Waals surface area contributed by atoms with Crippen LogP contribution in [0.2, 0.25) is 0 Å². The number of nitrogens with zero attached hydrogens (tertiary/aromatic N) is 2. The van der Waals surface area contributed by atoms with Gasteiger partial charge in [-0.2, -0.15) is 0 Å². The summed E-state index contributed by atoms with van der Waals surface area (Å²) in [5.41, 5.74) is 12.2. The van der Waals surface area contributed by atoms with Crippen molar-refractivity contribution in [3.05, 3.63) is 194 Å². The lowest BCUT2D eigenvalue weighted by molar-refractivity contribution is 0.624. The average molecular weight is 817 g/mol. The molecule has 13 rings (SSSR count). The van der Waals surface area contributed by atoms with Crippen molar-refractivity contribution in [2.45, 2.75) is 0 Å². The number of furan rings is 1. The molecule has 286 valence electrons. The first-order chi connectivity index (χ1) is 30.2. The molecule has 0 amide bonds. The van der Waals surface area contributed by atoms with Gasteiger partial charge >= 0.3 is 0 Å². The van der Waals surface area contributed by atoms with Crippen molar-refractivity contribution in [2.24, 2.45) is 0 Å². The summed E-state index contributed by atoms with van der Waals surface area (Å²) >= 11 is 3.59. The van der Waals surface area contributed by atoms with Gasteiger partial charge in [-0.15, -0.1) is 22.7 Å². The van der Waals surface area contributed by atoms with Gasteiger partial charge < -0.3 is 13.7 Å². The minimum absolute atomic E-state index is 0.653. The number of thiophene rings is 2. The van der Waals surface area contributed by atoms with Crippen molar-refractivity contribution < 1.29 is 8.83 Å². The molecular formula is C55H32N2O2S2. The van der Waals surface area contributed by atoms with E-state index in [0.29, 0.717) is 5.89 Å². The number of fused-ring (bicyclic) bond motifs is 11. The zero-order valence-corrected chi connectivity index (χ0v) is 34.1. The van der Waals surface area contributed by atoms with Gasteiger partial charge in [0.05, 0.1) is 5.56 Å². The predicted molar refractivity (Wildman–Crippen MR) is 258 cm³/mol. The molecule has 0 saturated carbocycles. The first-order valence-electron chi connectivity index (χ1n) is 20.3. The van der Waals surface area contributed by atoms with Gasteiger partial charge in [-0.05, 0) is 101 Å². The Kier molecular flexibility index (Phi) is 7.61. The fraction of sp³-hybridized carbons (Fsp3) is 0. The summed E-state index contributed by atoms with van der Waals surface area (Å²) in [7, 11) is 0. The number of hydrogen-bond acceptors (Lipinski definition) is 6. The van der Waals surface area contributed by atoms with E-state index in [0.717, 1.165) is 72.2 Å². The quantitative estimate of drug-likeness (QED) is 0.168. The molecule has 0 atom stereocenters. The van der Waals surface area contributed by atoms with Crippen molar-refractivity contribution in [1.82, 2.24) is 4.98 Å². The van der Waals surface area contributed by atoms with Gasteiger partial charge in [0.1, 0.15) is 16.7 Å². The number of para-hydroxylation sites is 1. The van der Waals surface area contributed by atoms with Crippen LogP contribution in [0.3, 0.4) is 0 Å². The van der Waals surface area contributed by atoms with E-state index in [1.807, 2.05) is 12.1 Å². The molecular weight excluding hydrogens is 785 g/mol. The van der Waals surface area contributed by atoms with Crippen LogP contribution in [-0.4, -0.2) is 4.98 Å². The number of oxazole rings is 1. The van der Waals surface area contributed by atoms with E-state index >= 15 is 0 Å². The summed E-state index contributed by atoms with van der Waals surface area (Å²) in [5.74, 6) is 0.653. The molecule has 0 aliphatic carbocycles. The van der Waals surface area contributed by atoms with Crippen LogP contribution in [0.4, 0.5) is 17.1 Å². The number of aromatic nitrogens is 1. The standard InChI is InChI=1S/C55H32N2O2S2/c1-2-10-33(11-3-1)34-20-23-37(24-21-34)57(39-25-26-41-40-14-4-6-18-47(40)58-48(41)32-39)38-13-8-12-35(30-38)36-22-28-50-45(31-36)52-51(60-50)29-27-46-53(52)59-55(56-46)44-17-9-16-43-42-15-5-7-19-49(42)61-54(43)44/h1-32H. The average Bonchev–Trinajstić information content (AvgIpc) is 4.10. The minimum atomic E-state index is 0.653. The number of hydrogen-bond donors (Lipinski definition) is 0. The van der Waals surface area contributed by atoms with Gasteiger partial charge in [-0.25, -0.2) is 4.98 Å². The second kappa shape index (κ2) is 13.5. The van der Waals surface area contributed by atoms with E-state index in [1.54, 1.807) is 22.7 Å². The van der Waals surface area contributed by atoms with Gasteiger partial charge in [0, 0.05) is 74.2 Å². The molecule has 0 spiro atoms. The Morgan fingerprint density at radius 1 is 0.393 bits per heavy atom. The van der Waals surface area contributed by atoms with Crippen LogP contribution in [0, 0.1) is 0 Å². The van der Waals surface area contributed by atoms with Crippen LogP contribution in [0.25, 0.3) is 107 Å². The summed E-state index contributed by atoms with van der Waals surface area (Å²) in [6, 6.07) is 69.1. The third-order valence-corrected chi connectivity index (χ3v) is 14.3. The molecule has 6 heteroatoms. The van der Waals surface area contributed by atoms with Crippen LogP contribution in [-0.2, 0) is 0 Å². The third-order valence-electron chi connectivity index (χ3n) is 11.9. The molecule has 4 aromatic heterocycles. The molecule has 0 unspecified atom stereocenters. The molecule has 9 aromatic carbocycles.